The molecule has 1 aliphatic rings. The molecule has 9 heavy (non-hydrogen) atoms. The Kier molecular flexibility index (Phi) is 5.12. The molecule has 1 rings (SSSR count). The van der Waals surface area contributed by atoms with Crippen LogP contribution in [-0.2, 0) is 0 Å². The van der Waals surface area contributed by atoms with E-state index < -0.39 is 0 Å². The van der Waals surface area contributed by atoms with Gasteiger partial charge in [0.1, 0.15) is 0 Å². The van der Waals surface area contributed by atoms with Crippen molar-refractivity contribution in [2.24, 2.45) is 4.99 Å². The molecule has 0 fully saturated rings. The Morgan fingerprint density at radius 1 is 0.778 bits per heavy atom. The summed E-state index contributed by atoms with van der Waals surface area (Å²) < 4.78 is 0. The average Bonchev–Trinajstić information content (AvgIpc) is 1.62. The minimum absolute atomic E-state index is 0. The Morgan fingerprint density at radius 2 is 1.44 bits per heavy atom. The molecule has 1 heterocycles. The molecule has 48 valence electrons. The van der Waals surface area contributed by atoms with Crippen LogP contribution in [-0.4, -0.2) is 6.21 Å². The van der Waals surface area contributed by atoms with Crippen LogP contribution in [0.4, 0.5) is 0 Å². The molecule has 0 N–H and O–H groups in total. The normalized spacial score (nSPS) is 28.4. The number of allylic oxidation sites excluding steroid dienone is 5. The van der Waals surface area contributed by atoms with Gasteiger partial charge in [-0.1, -0.05) is 18.2 Å². The second-order valence-electron chi connectivity index (χ2n) is 1.41. The van der Waals surface area contributed by atoms with Gasteiger partial charge in [0.15, 0.2) is 0 Å². The predicted octanol–water partition coefficient (Wildman–Crippen LogP) is 2.27. The number of aliphatic imine (C=N–C) groups is 1. The molecule has 0 amide bonds. The predicted molar refractivity (Wildman–Crippen MR) is 46.2 cm³/mol. The van der Waals surface area contributed by atoms with Gasteiger partial charge in [0.05, 0.1) is 0 Å². The smallest absolute Gasteiger partial charge is 0.0267 e. The maximum atomic E-state index is 3.89. The minimum atomic E-state index is 0. The highest BCUT2D eigenvalue weighted by molar-refractivity contribution is 8.93. The third-order valence-corrected chi connectivity index (χ3v) is 0.789. The van der Waals surface area contributed by atoms with E-state index in [9.17, 15) is 0 Å². The van der Waals surface area contributed by atoms with Crippen molar-refractivity contribution in [3.63, 3.8) is 0 Å². The van der Waals surface area contributed by atoms with E-state index in [-0.39, 0.29) is 17.0 Å². The lowest BCUT2D eigenvalue weighted by molar-refractivity contribution is 1.58. The fraction of sp³-hybridized carbons (Fsp3) is 0. The van der Waals surface area contributed by atoms with Gasteiger partial charge in [0.2, 0.25) is 0 Å². The largest absolute Gasteiger partial charge is 0.265 e. The molecule has 0 aromatic heterocycles. The number of hydrogen-bond donors (Lipinski definition) is 0. The van der Waals surface area contributed by atoms with Crippen LogP contribution in [0.25, 0.3) is 0 Å². The molecule has 0 spiro atoms. The van der Waals surface area contributed by atoms with Gasteiger partial charge in [-0.05, 0) is 12.2 Å². The summed E-state index contributed by atoms with van der Waals surface area (Å²) in [6.45, 7) is 0. The molecule has 0 aromatic rings. The van der Waals surface area contributed by atoms with Crippen LogP contribution in [0.15, 0.2) is 41.6 Å². The topological polar surface area (TPSA) is 12.4 Å². The number of rotatable bonds is 0. The highest BCUT2D eigenvalue weighted by atomic mass is 79.9. The van der Waals surface area contributed by atoms with Crippen LogP contribution >= 0.6 is 17.0 Å². The van der Waals surface area contributed by atoms with Gasteiger partial charge in [0, 0.05) is 12.4 Å². The molecule has 0 saturated carbocycles. The molecular formula is C7H8BrN. The van der Waals surface area contributed by atoms with Crippen LogP contribution in [0, 0.1) is 0 Å². The zero-order valence-corrected chi connectivity index (χ0v) is 6.61. The molecule has 0 radical (unpaired) electrons. The van der Waals surface area contributed by atoms with Crippen molar-refractivity contribution in [3.05, 3.63) is 36.6 Å². The van der Waals surface area contributed by atoms with Gasteiger partial charge in [-0.2, -0.15) is 0 Å². The summed E-state index contributed by atoms with van der Waals surface area (Å²) in [4.78, 5) is 3.89. The fourth-order valence-electron chi connectivity index (χ4n) is 0.441. The average molecular weight is 186 g/mol. The summed E-state index contributed by atoms with van der Waals surface area (Å²) in [6.07, 6.45) is 13.1. The van der Waals surface area contributed by atoms with Gasteiger partial charge in [0.25, 0.3) is 0 Å². The first-order valence-electron chi connectivity index (χ1n) is 2.52. The summed E-state index contributed by atoms with van der Waals surface area (Å²) in [5.74, 6) is 0. The standard InChI is InChI=1S/C7H7N.BrH/c1-2-4-6-8-7-5-3-1;/h1-7H;1H/b2-1-,3-1?,4-2?,5-3-,6-4-,7-5?,8-6?,8-7-;. The molecule has 0 unspecified atom stereocenters. The van der Waals surface area contributed by atoms with Crippen molar-refractivity contribution < 1.29 is 0 Å². The van der Waals surface area contributed by atoms with Crippen molar-refractivity contribution in [1.29, 1.82) is 0 Å². The van der Waals surface area contributed by atoms with Crippen LogP contribution in [0.1, 0.15) is 0 Å². The molecule has 1 nitrogen and oxygen atoms in total. The first-order chi connectivity index (χ1) is 4.00. The van der Waals surface area contributed by atoms with Crippen molar-refractivity contribution >= 4 is 23.2 Å². The van der Waals surface area contributed by atoms with Crippen molar-refractivity contribution in [1.82, 2.24) is 0 Å². The number of halogens is 1. The van der Waals surface area contributed by atoms with Crippen LogP contribution < -0.4 is 0 Å². The van der Waals surface area contributed by atoms with Crippen molar-refractivity contribution in [2.45, 2.75) is 0 Å². The Morgan fingerprint density at radius 3 is 2.33 bits per heavy atom. The lowest BCUT2D eigenvalue weighted by Crippen LogP contribution is -1.63. The van der Waals surface area contributed by atoms with Crippen molar-refractivity contribution in [3.8, 4) is 0 Å². The van der Waals surface area contributed by atoms with E-state index in [4.69, 9.17) is 0 Å². The maximum absolute atomic E-state index is 3.89. The fourth-order valence-corrected chi connectivity index (χ4v) is 0.441. The highest BCUT2D eigenvalue weighted by Gasteiger charge is 1.65. The zero-order chi connectivity index (χ0) is 5.66. The monoisotopic (exact) mass is 185 g/mol. The Bertz CT molecular complexity index is 110. The van der Waals surface area contributed by atoms with E-state index in [2.05, 4.69) is 4.99 Å². The molecule has 1 aliphatic heterocycles. The highest BCUT2D eigenvalue weighted by Crippen LogP contribution is 1.83. The molecule has 0 aromatic carbocycles. The second kappa shape index (κ2) is 5.51. The van der Waals surface area contributed by atoms with E-state index >= 15 is 0 Å². The SMILES string of the molecule is Br.C1=C\C=C/N=C\C=C/1. The van der Waals surface area contributed by atoms with E-state index in [1.165, 1.54) is 0 Å². The lowest BCUT2D eigenvalue weighted by atomic mass is 10.4. The first kappa shape index (κ1) is 8.37. The minimum Gasteiger partial charge on any atom is -0.265 e. The quantitative estimate of drug-likeness (QED) is 0.550. The first-order valence-corrected chi connectivity index (χ1v) is 2.52. The van der Waals surface area contributed by atoms with Gasteiger partial charge in [-0.25, -0.2) is 0 Å². The third-order valence-electron chi connectivity index (χ3n) is 0.789. The zero-order valence-electron chi connectivity index (χ0n) is 4.90. The van der Waals surface area contributed by atoms with Gasteiger partial charge in [-0.3, -0.25) is 4.99 Å². The third kappa shape index (κ3) is 3.91. The summed E-state index contributed by atoms with van der Waals surface area (Å²) in [5, 5.41) is 0. The van der Waals surface area contributed by atoms with Gasteiger partial charge >= 0.3 is 0 Å². The summed E-state index contributed by atoms with van der Waals surface area (Å²) >= 11 is 0. The van der Waals surface area contributed by atoms with Crippen LogP contribution in [0.2, 0.25) is 0 Å². The molecule has 2 heteroatoms. The Balaban J connectivity index is 0.000000640. The number of hydrogen-bond acceptors (Lipinski definition) is 1. The summed E-state index contributed by atoms with van der Waals surface area (Å²) in [6, 6.07) is 0. The van der Waals surface area contributed by atoms with Crippen LogP contribution in [0.5, 0.6) is 0 Å². The number of nitrogens with zero attached hydrogens (tertiary/aromatic N) is 1. The van der Waals surface area contributed by atoms with Crippen LogP contribution in [0.3, 0.4) is 0 Å². The molecular weight excluding hydrogens is 178 g/mol. The molecule has 0 atom stereocenters. The Hall–Kier alpha value is -0.630. The van der Waals surface area contributed by atoms with E-state index in [1.807, 2.05) is 30.4 Å². The summed E-state index contributed by atoms with van der Waals surface area (Å²) in [5.41, 5.74) is 0. The van der Waals surface area contributed by atoms with E-state index in [1.54, 1.807) is 12.4 Å². The van der Waals surface area contributed by atoms with Crippen molar-refractivity contribution in [2.75, 3.05) is 0 Å². The lowest BCUT2D eigenvalue weighted by Gasteiger charge is -1.77. The van der Waals surface area contributed by atoms with E-state index in [0.717, 1.165) is 0 Å². The Labute approximate surface area is 65.3 Å². The maximum Gasteiger partial charge on any atom is 0.0267 e. The molecule has 0 aliphatic carbocycles. The van der Waals surface area contributed by atoms with Gasteiger partial charge in [-0.15, -0.1) is 17.0 Å². The van der Waals surface area contributed by atoms with E-state index in [0.29, 0.717) is 0 Å². The summed E-state index contributed by atoms with van der Waals surface area (Å²) in [7, 11) is 0. The molecule has 0 saturated heterocycles. The second-order valence-corrected chi connectivity index (χ2v) is 1.41. The van der Waals surface area contributed by atoms with Gasteiger partial charge < -0.3 is 0 Å². The molecule has 0 bridgehead atoms.